The van der Waals surface area contributed by atoms with E-state index >= 15 is 0 Å². The van der Waals surface area contributed by atoms with Gasteiger partial charge in [0, 0.05) is 16.7 Å². The standard InChI is InChI=1S/C20H18O6S3/c1-21-12-6-5-11(16-18(12)26-9-25-16)15-19(28-29-20(15)27)10-7-13(22-2)17(24-4)14(8-10)23-3/h5-8H,9H2,1-4H3. The van der Waals surface area contributed by atoms with Gasteiger partial charge in [0.15, 0.2) is 23.0 Å². The molecule has 0 unspecified atom stereocenters. The van der Waals surface area contributed by atoms with Crippen molar-refractivity contribution in [2.75, 3.05) is 35.2 Å². The molecular weight excluding hydrogens is 432 g/mol. The molecule has 0 N–H and O–H groups in total. The summed E-state index contributed by atoms with van der Waals surface area (Å²) in [5.41, 5.74) is 2.69. The van der Waals surface area contributed by atoms with Crippen LogP contribution in [0.3, 0.4) is 0 Å². The molecule has 0 fully saturated rings. The van der Waals surface area contributed by atoms with Crippen molar-refractivity contribution in [3.8, 4) is 56.1 Å². The Labute approximate surface area is 180 Å². The molecule has 0 bridgehead atoms. The van der Waals surface area contributed by atoms with Crippen LogP contribution < -0.4 is 28.4 Å². The summed E-state index contributed by atoms with van der Waals surface area (Å²) in [6.45, 7) is 0.141. The molecule has 0 amide bonds. The fraction of sp³-hybridized carbons (Fsp3) is 0.250. The molecule has 0 atom stereocenters. The minimum atomic E-state index is 0.141. The topological polar surface area (TPSA) is 55.4 Å². The third-order valence-electron chi connectivity index (χ3n) is 4.53. The number of rotatable bonds is 6. The Balaban J connectivity index is 1.94. The Bertz CT molecular complexity index is 1090. The van der Waals surface area contributed by atoms with Crippen molar-refractivity contribution in [1.82, 2.24) is 0 Å². The zero-order valence-electron chi connectivity index (χ0n) is 16.2. The van der Waals surface area contributed by atoms with Gasteiger partial charge in [-0.3, -0.25) is 0 Å². The van der Waals surface area contributed by atoms with E-state index in [1.807, 2.05) is 24.3 Å². The summed E-state index contributed by atoms with van der Waals surface area (Å²) in [7, 11) is 9.49. The van der Waals surface area contributed by atoms with E-state index in [-0.39, 0.29) is 6.79 Å². The first-order valence-corrected chi connectivity index (χ1v) is 11.1. The molecule has 0 saturated carbocycles. The summed E-state index contributed by atoms with van der Waals surface area (Å²) < 4.78 is 34.0. The third kappa shape index (κ3) is 3.29. The molecule has 2 aromatic carbocycles. The van der Waals surface area contributed by atoms with E-state index in [2.05, 4.69) is 0 Å². The van der Waals surface area contributed by atoms with Crippen molar-refractivity contribution in [3.63, 3.8) is 0 Å². The molecule has 4 rings (SSSR count). The lowest BCUT2D eigenvalue weighted by Gasteiger charge is -2.15. The Kier molecular flexibility index (Phi) is 5.53. The molecule has 0 aliphatic carbocycles. The van der Waals surface area contributed by atoms with Crippen LogP contribution in [0.15, 0.2) is 24.3 Å². The zero-order valence-corrected chi connectivity index (χ0v) is 18.6. The zero-order chi connectivity index (χ0) is 20.5. The maximum absolute atomic E-state index is 5.76. The lowest BCUT2D eigenvalue weighted by atomic mass is 10.0. The quantitative estimate of drug-likeness (QED) is 0.356. The minimum absolute atomic E-state index is 0.141. The largest absolute Gasteiger partial charge is 0.493 e. The maximum atomic E-state index is 5.76. The van der Waals surface area contributed by atoms with Gasteiger partial charge in [0.25, 0.3) is 0 Å². The van der Waals surface area contributed by atoms with E-state index in [1.165, 1.54) is 10.3 Å². The first kappa shape index (κ1) is 19.8. The van der Waals surface area contributed by atoms with Crippen LogP contribution >= 0.6 is 32.9 Å². The fourth-order valence-electron chi connectivity index (χ4n) is 3.22. The second kappa shape index (κ2) is 8.10. The van der Waals surface area contributed by atoms with Crippen molar-refractivity contribution in [2.24, 2.45) is 0 Å². The predicted molar refractivity (Wildman–Crippen MR) is 116 cm³/mol. The van der Waals surface area contributed by atoms with Crippen LogP contribution in [0.2, 0.25) is 0 Å². The van der Waals surface area contributed by atoms with Gasteiger partial charge in [0.05, 0.1) is 33.3 Å². The highest BCUT2D eigenvalue weighted by molar-refractivity contribution is 7.80. The molecule has 0 saturated heterocycles. The van der Waals surface area contributed by atoms with Crippen LogP contribution in [-0.4, -0.2) is 35.2 Å². The average molecular weight is 451 g/mol. The lowest BCUT2D eigenvalue weighted by Crippen LogP contribution is -1.96. The minimum Gasteiger partial charge on any atom is -0.493 e. The monoisotopic (exact) mass is 450 g/mol. The predicted octanol–water partition coefficient (Wildman–Crippen LogP) is 5.64. The van der Waals surface area contributed by atoms with Crippen LogP contribution in [0.25, 0.3) is 21.6 Å². The molecular formula is C20H18O6S3. The summed E-state index contributed by atoms with van der Waals surface area (Å²) >= 11 is 5.67. The summed E-state index contributed by atoms with van der Waals surface area (Å²) in [4.78, 5) is 0.988. The van der Waals surface area contributed by atoms with E-state index < -0.39 is 0 Å². The van der Waals surface area contributed by atoms with E-state index in [4.69, 9.17) is 40.6 Å². The van der Waals surface area contributed by atoms with Crippen molar-refractivity contribution in [1.29, 1.82) is 0 Å². The van der Waals surface area contributed by atoms with Crippen molar-refractivity contribution < 1.29 is 28.4 Å². The Hall–Kier alpha value is -2.49. The van der Waals surface area contributed by atoms with Crippen LogP contribution in [0, 0.1) is 3.82 Å². The molecule has 1 aliphatic rings. The van der Waals surface area contributed by atoms with E-state index in [0.29, 0.717) is 34.5 Å². The summed E-state index contributed by atoms with van der Waals surface area (Å²) in [6.07, 6.45) is 0. The van der Waals surface area contributed by atoms with Gasteiger partial charge in [-0.25, -0.2) is 0 Å². The normalized spacial score (nSPS) is 12.0. The number of ether oxygens (including phenoxy) is 6. The van der Waals surface area contributed by atoms with Gasteiger partial charge in [0.2, 0.25) is 18.3 Å². The summed E-state index contributed by atoms with van der Waals surface area (Å²) in [6, 6.07) is 7.63. The third-order valence-corrected chi connectivity index (χ3v) is 7.60. The first-order chi connectivity index (χ1) is 14.1. The van der Waals surface area contributed by atoms with Gasteiger partial charge in [0.1, 0.15) is 3.82 Å². The second-order valence-corrected chi connectivity index (χ2v) is 8.77. The van der Waals surface area contributed by atoms with E-state index in [9.17, 15) is 0 Å². The van der Waals surface area contributed by atoms with E-state index in [0.717, 1.165) is 25.4 Å². The fourth-order valence-corrected chi connectivity index (χ4v) is 6.10. The summed E-state index contributed by atoms with van der Waals surface area (Å²) in [5, 5.41) is 0. The number of hydrogen-bond acceptors (Lipinski definition) is 9. The van der Waals surface area contributed by atoms with Gasteiger partial charge >= 0.3 is 0 Å². The lowest BCUT2D eigenvalue weighted by molar-refractivity contribution is 0.171. The number of fused-ring (bicyclic) bond motifs is 1. The number of hydrogen-bond donors (Lipinski definition) is 0. The van der Waals surface area contributed by atoms with Crippen molar-refractivity contribution >= 4 is 32.9 Å². The maximum Gasteiger partial charge on any atom is 0.231 e. The molecule has 3 aromatic rings. The molecule has 0 spiro atoms. The van der Waals surface area contributed by atoms with Gasteiger partial charge < -0.3 is 28.4 Å². The molecule has 9 heteroatoms. The Morgan fingerprint density at radius 2 is 1.48 bits per heavy atom. The van der Waals surface area contributed by atoms with Crippen molar-refractivity contribution in [3.05, 3.63) is 28.1 Å². The van der Waals surface area contributed by atoms with Crippen LogP contribution in [0.4, 0.5) is 0 Å². The molecule has 0 radical (unpaired) electrons. The smallest absolute Gasteiger partial charge is 0.231 e. The second-order valence-electron chi connectivity index (χ2n) is 5.95. The number of benzene rings is 2. The molecule has 1 aliphatic heterocycles. The highest BCUT2D eigenvalue weighted by atomic mass is 32.9. The Morgan fingerprint density at radius 1 is 0.828 bits per heavy atom. The first-order valence-electron chi connectivity index (χ1n) is 8.53. The van der Waals surface area contributed by atoms with Crippen LogP contribution in [-0.2, 0) is 0 Å². The average Bonchev–Trinajstić information content (AvgIpc) is 3.39. The van der Waals surface area contributed by atoms with E-state index in [1.54, 1.807) is 38.8 Å². The summed E-state index contributed by atoms with van der Waals surface area (Å²) in [5.74, 6) is 3.55. The molecule has 29 heavy (non-hydrogen) atoms. The molecule has 1 aromatic heterocycles. The molecule has 152 valence electrons. The van der Waals surface area contributed by atoms with Crippen LogP contribution in [0.5, 0.6) is 34.5 Å². The van der Waals surface area contributed by atoms with Gasteiger partial charge in [-0.05, 0) is 24.3 Å². The van der Waals surface area contributed by atoms with Gasteiger partial charge in [-0.15, -0.1) is 0 Å². The van der Waals surface area contributed by atoms with Gasteiger partial charge in [-0.2, -0.15) is 0 Å². The van der Waals surface area contributed by atoms with Crippen molar-refractivity contribution in [2.45, 2.75) is 0 Å². The SMILES string of the molecule is COc1cc(-c2ssc(=S)c2-c2ccc(OC)c3c2OCO3)cc(OC)c1OC. The van der Waals surface area contributed by atoms with Crippen LogP contribution in [0.1, 0.15) is 0 Å². The van der Waals surface area contributed by atoms with Gasteiger partial charge in [-0.1, -0.05) is 32.9 Å². The number of methoxy groups -OCH3 is 4. The highest BCUT2D eigenvalue weighted by Gasteiger charge is 2.27. The molecule has 2 heterocycles. The Morgan fingerprint density at radius 3 is 2.10 bits per heavy atom. The molecule has 6 nitrogen and oxygen atoms in total. The highest BCUT2D eigenvalue weighted by Crippen LogP contribution is 2.53.